The summed E-state index contributed by atoms with van der Waals surface area (Å²) < 4.78 is 79.9. The Hall–Kier alpha value is -13.9. The molecule has 0 fully saturated rings. The summed E-state index contributed by atoms with van der Waals surface area (Å²) in [5, 5.41) is 46.6. The van der Waals surface area contributed by atoms with Crippen LogP contribution in [0.1, 0.15) is 88.6 Å². The molecule has 7 N–H and O–H groups in total. The van der Waals surface area contributed by atoms with Crippen molar-refractivity contribution in [2.24, 2.45) is 0 Å². The zero-order chi connectivity index (χ0) is 86.5. The molecule has 12 heterocycles. The van der Waals surface area contributed by atoms with Gasteiger partial charge in [-0.05, 0) is 253 Å². The van der Waals surface area contributed by atoms with Gasteiger partial charge >= 0.3 is 13.2 Å². The predicted molar refractivity (Wildman–Crippen MR) is 467 cm³/mol. The summed E-state index contributed by atoms with van der Waals surface area (Å²) in [6, 6.07) is 38.4. The Balaban J connectivity index is 0.000000139. The van der Waals surface area contributed by atoms with Crippen molar-refractivity contribution in [3.63, 3.8) is 0 Å². The number of nitrogens with one attached hydrogen (secondary N) is 5. The number of hydrogen-bond donors (Lipinski definition) is 7. The lowest BCUT2D eigenvalue weighted by molar-refractivity contribution is -0.138. The lowest BCUT2D eigenvalue weighted by atomic mass is 9.76. The summed E-state index contributed by atoms with van der Waals surface area (Å²) in [5.41, 5.74) is 11.3. The molecule has 0 spiro atoms. The molecule has 0 saturated carbocycles. The number of carbonyl (C=O) groups excluding carboxylic acids is 2. The molecule has 0 bridgehead atoms. The molecular formula is C88H86BBrF3N21O9. The zero-order valence-corrected chi connectivity index (χ0v) is 70.1. The second-order valence-corrected chi connectivity index (χ2v) is 31.3. The van der Waals surface area contributed by atoms with Gasteiger partial charge in [0.25, 0.3) is 6.47 Å². The predicted octanol–water partition coefficient (Wildman–Crippen LogP) is 17.0. The number of nitrogens with zero attached hydrogens (tertiary/aromatic N) is 16. The smallest absolute Gasteiger partial charge is 0.462 e. The number of rotatable bonds is 16. The number of fused-ring (bicyclic) bond motifs is 6. The first kappa shape index (κ1) is 85.5. The second kappa shape index (κ2) is 38.3. The van der Waals surface area contributed by atoms with Crippen molar-refractivity contribution in [1.29, 1.82) is 0 Å². The zero-order valence-electron chi connectivity index (χ0n) is 68.5. The summed E-state index contributed by atoms with van der Waals surface area (Å²) in [7, 11) is -1.24. The van der Waals surface area contributed by atoms with Crippen LogP contribution >= 0.6 is 15.9 Å². The third-order valence-corrected chi connectivity index (χ3v) is 20.0. The Morgan fingerprint density at radius 2 is 0.902 bits per heavy atom. The third-order valence-electron chi connectivity index (χ3n) is 19.4. The van der Waals surface area contributed by atoms with Crippen LogP contribution in [0.2, 0.25) is 0 Å². The maximum absolute atomic E-state index is 16.1. The molecule has 0 unspecified atom stereocenters. The number of aromatic nitrogens is 15. The molecule has 1 amide bonds. The quantitative estimate of drug-likeness (QED) is 0.0349. The number of benzene rings is 6. The fourth-order valence-corrected chi connectivity index (χ4v) is 13.6. The van der Waals surface area contributed by atoms with Crippen molar-refractivity contribution in [2.45, 2.75) is 92.8 Å². The standard InChI is InChI=1S/C31H30FN7O3.C26H22FN7O.C21H14BrFN6O.C5H10BNO2.C5H10O2/c1-19-15-21(5-8-25(19)41-22-11-14-39-26(16-22)34-18-36-39)37-29-27-24(33-17-35-29)7-6-23(28(27)32)20-9-12-38(13-10-20)30(40)42-31(2,3)4;1-16-12-18(2-5-22(16)35-19-8-11-34-23(13-19)30-15-32-34)33-26-24-21(29-14-31-26)4-3-20(25(24)27)17-6-9-28-10-7-17;1-12-8-13(28-21-19-16(24-10-26-21)4-3-15(22)20(19)23)2-5-17(12)30-14-6-7-29-18(9-14)25-11-27-29;8-6(9)5-1-3-7-4-2-5;1-5(2,3)7-4-6/h5-9,11,14-18H,10,12-13H2,1-4H3,(H,33,35,37);2-6,8,11-15,28H,7,9-10H2,1H3,(H,29,31,33);2-11H,1H3,(H,24,26,28);1,7-9H,2-4H2;4H,1-3H3. The minimum absolute atomic E-state index is 0.296. The first-order valence-corrected chi connectivity index (χ1v) is 40.0. The highest BCUT2D eigenvalue weighted by Crippen LogP contribution is 2.39. The van der Waals surface area contributed by atoms with Crippen LogP contribution in [0.4, 0.5) is 52.5 Å². The lowest BCUT2D eigenvalue weighted by Crippen LogP contribution is -2.39. The Bertz CT molecular complexity index is 6500. The van der Waals surface area contributed by atoms with Crippen molar-refractivity contribution in [2.75, 3.05) is 55.2 Å². The highest BCUT2D eigenvalue weighted by atomic mass is 79.9. The summed E-state index contributed by atoms with van der Waals surface area (Å²) in [4.78, 5) is 61.8. The SMILES string of the molecule is CC(C)(C)OC=O.Cc1cc(Nc2ncnc3ccc(Br)c(F)c23)ccc1Oc1ccn2ncnc2c1.Cc1cc(Nc2ncnc3ccc(C4=CCN(C(=O)OC(C)(C)C)CC4)c(F)c23)ccc1Oc1ccn2ncnc2c1.Cc1cc(Nc2ncnc3ccc(C4=CCNCC4)c(F)c23)ccc1Oc1ccn2ncnc2c1.OB(O)C1=CCNCC1. The normalized spacial score (nSPS) is 13.3. The van der Waals surface area contributed by atoms with Gasteiger partial charge in [-0.15, -0.1) is 0 Å². The van der Waals surface area contributed by atoms with E-state index in [1.54, 1.807) is 67.4 Å². The summed E-state index contributed by atoms with van der Waals surface area (Å²) in [5.74, 6) is 4.10. The molecule has 0 aliphatic carbocycles. The molecule has 123 heavy (non-hydrogen) atoms. The minimum atomic E-state index is -1.24. The van der Waals surface area contributed by atoms with Crippen molar-refractivity contribution >= 4 is 131 Å². The van der Waals surface area contributed by atoms with Gasteiger partial charge in [0.1, 0.15) is 113 Å². The van der Waals surface area contributed by atoms with Gasteiger partial charge in [-0.3, -0.25) is 4.79 Å². The molecule has 0 saturated heterocycles. The first-order valence-electron chi connectivity index (χ1n) is 39.2. The number of halogens is 4. The van der Waals surface area contributed by atoms with Crippen LogP contribution in [0.3, 0.4) is 0 Å². The van der Waals surface area contributed by atoms with Crippen LogP contribution in [0.25, 0.3) is 60.8 Å². The molecule has 15 aromatic rings. The van der Waals surface area contributed by atoms with Gasteiger partial charge in [0, 0.05) is 91.2 Å². The van der Waals surface area contributed by atoms with Gasteiger partial charge in [-0.1, -0.05) is 18.2 Å². The van der Waals surface area contributed by atoms with E-state index >= 15 is 8.78 Å². The van der Waals surface area contributed by atoms with E-state index in [1.165, 1.54) is 38.0 Å². The van der Waals surface area contributed by atoms with Gasteiger partial charge in [0.15, 0.2) is 22.8 Å². The van der Waals surface area contributed by atoms with E-state index in [1.807, 2.05) is 178 Å². The van der Waals surface area contributed by atoms with Gasteiger partial charge in [0.2, 0.25) is 0 Å². The molecule has 3 aliphatic heterocycles. The monoisotopic (exact) mass is 1730 g/mol. The van der Waals surface area contributed by atoms with Gasteiger partial charge < -0.3 is 65.2 Å². The number of ether oxygens (including phenoxy) is 5. The number of aryl methyl sites for hydroxylation is 3. The van der Waals surface area contributed by atoms with Crippen molar-refractivity contribution in [1.82, 2.24) is 89.2 Å². The molecule has 0 radical (unpaired) electrons. The largest absolute Gasteiger partial charge is 0.483 e. The van der Waals surface area contributed by atoms with E-state index in [0.717, 1.165) is 89.4 Å². The van der Waals surface area contributed by atoms with Crippen molar-refractivity contribution in [3.05, 3.63) is 257 Å². The Morgan fingerprint density at radius 1 is 0.488 bits per heavy atom. The van der Waals surface area contributed by atoms with Crippen LogP contribution in [-0.4, -0.2) is 159 Å². The van der Waals surface area contributed by atoms with Crippen molar-refractivity contribution in [3.8, 4) is 34.5 Å². The van der Waals surface area contributed by atoms with E-state index in [2.05, 4.69) is 107 Å². The fraction of sp³-hybridized carbons (Fsp3) is 0.227. The van der Waals surface area contributed by atoms with Crippen LogP contribution in [-0.2, 0) is 14.3 Å². The molecule has 35 heteroatoms. The van der Waals surface area contributed by atoms with Crippen molar-refractivity contribution < 1.29 is 56.5 Å². The maximum Gasteiger partial charge on any atom is 0.483 e. The molecule has 9 aromatic heterocycles. The molecule has 0 atom stereocenters. The fourth-order valence-electron chi connectivity index (χ4n) is 13.3. The van der Waals surface area contributed by atoms with E-state index < -0.39 is 24.4 Å². The van der Waals surface area contributed by atoms with Gasteiger partial charge in [0.05, 0.1) is 37.2 Å². The molecule has 3 aliphatic rings. The number of anilines is 6. The van der Waals surface area contributed by atoms with Gasteiger partial charge in [-0.25, -0.2) is 76.4 Å². The number of carbonyl (C=O) groups is 2. The molecular weight excluding hydrogens is 1640 g/mol. The van der Waals surface area contributed by atoms with E-state index in [4.69, 9.17) is 29.0 Å². The first-order chi connectivity index (χ1) is 59.2. The van der Waals surface area contributed by atoms with Crippen LogP contribution in [0.5, 0.6) is 34.5 Å². The Kier molecular flexibility index (Phi) is 26.6. The highest BCUT2D eigenvalue weighted by molar-refractivity contribution is 9.10. The van der Waals surface area contributed by atoms with Gasteiger partial charge in [-0.2, -0.15) is 15.3 Å². The summed E-state index contributed by atoms with van der Waals surface area (Å²) in [6.45, 7) is 21.2. The number of amides is 1. The third kappa shape index (κ3) is 21.5. The van der Waals surface area contributed by atoms with Crippen LogP contribution in [0, 0.1) is 38.2 Å². The summed E-state index contributed by atoms with van der Waals surface area (Å²) >= 11 is 3.22. The maximum atomic E-state index is 16.1. The van der Waals surface area contributed by atoms with E-state index in [-0.39, 0.29) is 17.5 Å². The van der Waals surface area contributed by atoms with Crippen LogP contribution < -0.4 is 40.8 Å². The highest BCUT2D eigenvalue weighted by Gasteiger charge is 2.27. The Morgan fingerprint density at radius 3 is 1.25 bits per heavy atom. The number of pyridine rings is 3. The topological polar surface area (TPSA) is 352 Å². The second-order valence-electron chi connectivity index (χ2n) is 30.5. The Labute approximate surface area is 712 Å². The van der Waals surface area contributed by atoms with Crippen LogP contribution in [0.15, 0.2) is 212 Å². The average Bonchev–Trinajstić information content (AvgIpc) is 1.77. The molecule has 6 aromatic carbocycles. The summed E-state index contributed by atoms with van der Waals surface area (Å²) in [6.07, 6.45) is 21.5. The minimum Gasteiger partial charge on any atom is -0.462 e. The van der Waals surface area contributed by atoms with E-state index in [0.29, 0.717) is 143 Å². The lowest BCUT2D eigenvalue weighted by Gasteiger charge is -2.29. The van der Waals surface area contributed by atoms with E-state index in [9.17, 15) is 14.0 Å². The molecule has 18 rings (SSSR count). The number of hydrogen-bond acceptors (Lipinski definition) is 26. The molecule has 30 nitrogen and oxygen atoms in total. The molecule has 628 valence electrons. The average molecular weight is 1730 g/mol.